The van der Waals surface area contributed by atoms with Crippen molar-refractivity contribution < 1.29 is 14.7 Å². The highest BCUT2D eigenvalue weighted by Gasteiger charge is 2.30. The number of carbonyl (C=O) groups excluding carboxylic acids is 2. The molecule has 3 N–H and O–H groups in total. The maximum atomic E-state index is 12.2. The van der Waals surface area contributed by atoms with E-state index < -0.39 is 11.8 Å². The number of aliphatic hydroxyl groups excluding tert-OH is 1. The highest BCUT2D eigenvalue weighted by atomic mass is 16.3. The molecule has 3 aromatic rings. The third kappa shape index (κ3) is 2.87. The largest absolute Gasteiger partial charge is 0.395 e. The lowest BCUT2D eigenvalue weighted by Crippen LogP contribution is -2.34. The number of H-pyrrole nitrogens is 1. The molecule has 6 nitrogen and oxygen atoms in total. The maximum Gasteiger partial charge on any atom is 0.277 e. The van der Waals surface area contributed by atoms with E-state index in [4.69, 9.17) is 5.11 Å². The maximum absolute atomic E-state index is 12.2. The van der Waals surface area contributed by atoms with Gasteiger partial charge in [-0.2, -0.15) is 0 Å². The summed E-state index contributed by atoms with van der Waals surface area (Å²) in [7, 11) is 0. The van der Waals surface area contributed by atoms with Crippen LogP contribution in [0.1, 0.15) is 0 Å². The first-order valence-corrected chi connectivity index (χ1v) is 8.29. The predicted octanol–water partition coefficient (Wildman–Crippen LogP) is 2.49. The van der Waals surface area contributed by atoms with Gasteiger partial charge < -0.3 is 15.4 Å². The number of aromatic nitrogens is 1. The van der Waals surface area contributed by atoms with E-state index >= 15 is 0 Å². The van der Waals surface area contributed by atoms with Crippen LogP contribution >= 0.6 is 0 Å². The van der Waals surface area contributed by atoms with Gasteiger partial charge in [0.2, 0.25) is 0 Å². The number of anilines is 1. The summed E-state index contributed by atoms with van der Waals surface area (Å²) in [6.07, 6.45) is 1.26. The Bertz CT molecular complexity index is 1000. The number of hydrogen-bond donors (Lipinski definition) is 3. The van der Waals surface area contributed by atoms with E-state index in [0.29, 0.717) is 5.69 Å². The SMILES string of the molecule is O=C1C=C(Nc2cccc(-c3cc4ccccc4[nH]3)c2)C(=O)N1CCO. The summed E-state index contributed by atoms with van der Waals surface area (Å²) < 4.78 is 0. The lowest BCUT2D eigenvalue weighted by Gasteiger charge is -2.13. The van der Waals surface area contributed by atoms with Crippen LogP contribution in [0, 0.1) is 0 Å². The van der Waals surface area contributed by atoms with Crippen molar-refractivity contribution in [1.29, 1.82) is 0 Å². The summed E-state index contributed by atoms with van der Waals surface area (Å²) in [5, 5.41) is 13.1. The first-order valence-electron chi connectivity index (χ1n) is 8.29. The van der Waals surface area contributed by atoms with E-state index in [1.807, 2.05) is 48.5 Å². The van der Waals surface area contributed by atoms with Crippen molar-refractivity contribution in [1.82, 2.24) is 9.88 Å². The Balaban J connectivity index is 1.59. The third-order valence-electron chi connectivity index (χ3n) is 4.32. The summed E-state index contributed by atoms with van der Waals surface area (Å²) in [6.45, 7) is -0.261. The van der Waals surface area contributed by atoms with E-state index in [-0.39, 0.29) is 18.8 Å². The minimum atomic E-state index is -0.430. The van der Waals surface area contributed by atoms with Crippen molar-refractivity contribution in [2.24, 2.45) is 0 Å². The Hall–Kier alpha value is -3.38. The van der Waals surface area contributed by atoms with Crippen LogP contribution in [0.15, 0.2) is 66.4 Å². The molecule has 1 aliphatic heterocycles. The number of para-hydroxylation sites is 1. The molecule has 2 amide bonds. The minimum Gasteiger partial charge on any atom is -0.395 e. The Morgan fingerprint density at radius 1 is 1.04 bits per heavy atom. The molecule has 0 unspecified atom stereocenters. The Morgan fingerprint density at radius 2 is 1.88 bits per heavy atom. The van der Waals surface area contributed by atoms with Crippen LogP contribution in [0.5, 0.6) is 0 Å². The van der Waals surface area contributed by atoms with Crippen LogP contribution in [0.25, 0.3) is 22.2 Å². The number of rotatable bonds is 5. The van der Waals surface area contributed by atoms with Crippen LogP contribution in [-0.4, -0.2) is 40.0 Å². The highest BCUT2D eigenvalue weighted by molar-refractivity contribution is 6.17. The Morgan fingerprint density at radius 3 is 2.69 bits per heavy atom. The molecule has 0 bridgehead atoms. The number of imide groups is 1. The number of nitrogens with zero attached hydrogens (tertiary/aromatic N) is 1. The molecule has 1 aliphatic rings. The number of aromatic amines is 1. The van der Waals surface area contributed by atoms with Crippen molar-refractivity contribution in [3.05, 3.63) is 66.4 Å². The molecule has 0 aliphatic carbocycles. The number of benzene rings is 2. The van der Waals surface area contributed by atoms with Gasteiger partial charge in [0.05, 0.1) is 13.2 Å². The molecule has 6 heteroatoms. The zero-order valence-electron chi connectivity index (χ0n) is 13.9. The molecule has 0 saturated carbocycles. The van der Waals surface area contributed by atoms with Gasteiger partial charge in [0.15, 0.2) is 0 Å². The molecule has 0 atom stereocenters. The third-order valence-corrected chi connectivity index (χ3v) is 4.32. The van der Waals surface area contributed by atoms with Crippen molar-refractivity contribution in [3.8, 4) is 11.3 Å². The van der Waals surface area contributed by atoms with Crippen molar-refractivity contribution >= 4 is 28.4 Å². The fourth-order valence-electron chi connectivity index (χ4n) is 3.06. The second kappa shape index (κ2) is 6.50. The average molecular weight is 347 g/mol. The van der Waals surface area contributed by atoms with Crippen molar-refractivity contribution in [2.45, 2.75) is 0 Å². The van der Waals surface area contributed by atoms with Crippen LogP contribution in [0.3, 0.4) is 0 Å². The van der Waals surface area contributed by atoms with E-state index in [2.05, 4.69) is 16.4 Å². The summed E-state index contributed by atoms with van der Waals surface area (Å²) in [5.74, 6) is -0.849. The molecule has 26 heavy (non-hydrogen) atoms. The van der Waals surface area contributed by atoms with Crippen LogP contribution in [-0.2, 0) is 9.59 Å². The van der Waals surface area contributed by atoms with Gasteiger partial charge in [-0.1, -0.05) is 30.3 Å². The smallest absolute Gasteiger partial charge is 0.277 e. The monoisotopic (exact) mass is 347 g/mol. The number of nitrogens with one attached hydrogen (secondary N) is 2. The average Bonchev–Trinajstić information content (AvgIpc) is 3.19. The number of fused-ring (bicyclic) bond motifs is 1. The van der Waals surface area contributed by atoms with Gasteiger partial charge in [-0.05, 0) is 24.3 Å². The fraction of sp³-hybridized carbons (Fsp3) is 0.100. The van der Waals surface area contributed by atoms with Gasteiger partial charge in [0.25, 0.3) is 11.8 Å². The van der Waals surface area contributed by atoms with Gasteiger partial charge in [-0.25, -0.2) is 0 Å². The molecule has 2 aromatic carbocycles. The molecule has 0 fully saturated rings. The van der Waals surface area contributed by atoms with Gasteiger partial charge >= 0.3 is 0 Å². The van der Waals surface area contributed by atoms with Crippen molar-refractivity contribution in [2.75, 3.05) is 18.5 Å². The molecule has 4 rings (SSSR count). The van der Waals surface area contributed by atoms with Gasteiger partial charge in [-0.15, -0.1) is 0 Å². The molecular formula is C20H17N3O3. The van der Waals surface area contributed by atoms with Crippen LogP contribution < -0.4 is 5.32 Å². The van der Waals surface area contributed by atoms with Gasteiger partial charge in [-0.3, -0.25) is 14.5 Å². The van der Waals surface area contributed by atoms with Crippen LogP contribution in [0.4, 0.5) is 5.69 Å². The Labute approximate surface area is 149 Å². The van der Waals surface area contributed by atoms with E-state index in [0.717, 1.165) is 27.1 Å². The minimum absolute atomic E-state index is 0.00551. The number of carbonyl (C=O) groups is 2. The molecule has 0 saturated heterocycles. The van der Waals surface area contributed by atoms with Gasteiger partial charge in [0.1, 0.15) is 5.70 Å². The summed E-state index contributed by atoms with van der Waals surface area (Å²) in [4.78, 5) is 28.5. The van der Waals surface area contributed by atoms with Gasteiger partial charge in [0, 0.05) is 33.9 Å². The van der Waals surface area contributed by atoms with E-state index in [1.165, 1.54) is 6.08 Å². The number of aliphatic hydroxyl groups is 1. The molecule has 2 heterocycles. The Kier molecular flexibility index (Phi) is 4.02. The molecular weight excluding hydrogens is 330 g/mol. The molecule has 0 radical (unpaired) electrons. The van der Waals surface area contributed by atoms with Crippen molar-refractivity contribution in [3.63, 3.8) is 0 Å². The van der Waals surface area contributed by atoms with Crippen LogP contribution in [0.2, 0.25) is 0 Å². The molecule has 1 aromatic heterocycles. The second-order valence-corrected chi connectivity index (χ2v) is 6.05. The number of amides is 2. The zero-order chi connectivity index (χ0) is 18.1. The fourth-order valence-corrected chi connectivity index (χ4v) is 3.06. The summed E-state index contributed by atoms with van der Waals surface area (Å²) in [6, 6.07) is 17.7. The lowest BCUT2D eigenvalue weighted by molar-refractivity contribution is -0.137. The standard InChI is InChI=1S/C20H17N3O3/c24-9-8-23-19(25)12-18(20(23)26)21-15-6-3-5-13(10-15)17-11-14-4-1-2-7-16(14)22-17/h1-7,10-12,21-22,24H,8-9H2. The number of β-amino-alcohol motifs (C(OH)–C–C–N with tert-alkyl or cyclic N) is 1. The predicted molar refractivity (Wildman–Crippen MR) is 99.2 cm³/mol. The summed E-state index contributed by atoms with van der Waals surface area (Å²) >= 11 is 0. The lowest BCUT2D eigenvalue weighted by atomic mass is 10.1. The topological polar surface area (TPSA) is 85.4 Å². The first-order chi connectivity index (χ1) is 12.7. The summed E-state index contributed by atoms with van der Waals surface area (Å²) in [5.41, 5.74) is 3.91. The second-order valence-electron chi connectivity index (χ2n) is 6.05. The number of hydrogen-bond acceptors (Lipinski definition) is 4. The van der Waals surface area contributed by atoms with E-state index in [1.54, 1.807) is 0 Å². The molecule has 130 valence electrons. The quantitative estimate of drug-likeness (QED) is 0.619. The normalized spacial score (nSPS) is 14.2. The molecule has 0 spiro atoms. The van der Waals surface area contributed by atoms with E-state index in [9.17, 15) is 9.59 Å². The first kappa shape index (κ1) is 16.1. The highest BCUT2D eigenvalue weighted by Crippen LogP contribution is 2.27. The zero-order valence-corrected chi connectivity index (χ0v) is 13.9.